The van der Waals surface area contributed by atoms with E-state index in [2.05, 4.69) is 36.7 Å². The third-order valence-electron chi connectivity index (χ3n) is 1.02. The molecule has 0 fully saturated rings. The molecule has 60 valence electrons. The molecule has 0 aromatic heterocycles. The van der Waals surface area contributed by atoms with Gasteiger partial charge in [0.1, 0.15) is 0 Å². The van der Waals surface area contributed by atoms with E-state index in [1.165, 1.54) is 0 Å². The molecular weight excluding hydrogens is 140 g/mol. The highest BCUT2D eigenvalue weighted by atomic mass is 28.3. The molecule has 0 aliphatic heterocycles. The molecule has 2 nitrogen and oxygen atoms in total. The smallest absolute Gasteiger partial charge is 0.0683 e. The van der Waals surface area contributed by atoms with Gasteiger partial charge in [-0.3, -0.25) is 0 Å². The lowest BCUT2D eigenvalue weighted by atomic mass is 10.6. The second kappa shape index (κ2) is 4.66. The van der Waals surface area contributed by atoms with Gasteiger partial charge in [-0.2, -0.15) is 0 Å². The van der Waals surface area contributed by atoms with Gasteiger partial charge < -0.3 is 11.1 Å². The van der Waals surface area contributed by atoms with Gasteiger partial charge >= 0.3 is 0 Å². The van der Waals surface area contributed by atoms with Crippen molar-refractivity contribution in [3.05, 3.63) is 11.8 Å². The van der Waals surface area contributed by atoms with E-state index in [4.69, 9.17) is 5.73 Å². The van der Waals surface area contributed by atoms with Crippen molar-refractivity contribution in [2.45, 2.75) is 19.6 Å². The summed E-state index contributed by atoms with van der Waals surface area (Å²) in [5.41, 5.74) is 7.56. The minimum atomic E-state index is -0.969. The number of hydrogen-bond acceptors (Lipinski definition) is 2. The first-order valence-electron chi connectivity index (χ1n) is 3.65. The van der Waals surface area contributed by atoms with E-state index in [9.17, 15) is 0 Å². The van der Waals surface area contributed by atoms with Crippen LogP contribution in [0.25, 0.3) is 0 Å². The molecular formula is C7H18N2Si. The van der Waals surface area contributed by atoms with Gasteiger partial charge in [0.05, 0.1) is 8.07 Å². The first-order valence-corrected chi connectivity index (χ1v) is 7.22. The highest BCUT2D eigenvalue weighted by Gasteiger charge is 2.05. The van der Waals surface area contributed by atoms with Crippen LogP contribution in [0.5, 0.6) is 0 Å². The van der Waals surface area contributed by atoms with Crippen molar-refractivity contribution >= 4 is 8.07 Å². The average molecular weight is 158 g/mol. The van der Waals surface area contributed by atoms with Crippen molar-refractivity contribution in [3.8, 4) is 0 Å². The van der Waals surface area contributed by atoms with Crippen LogP contribution in [-0.4, -0.2) is 21.3 Å². The van der Waals surface area contributed by atoms with Gasteiger partial charge in [-0.05, 0) is 0 Å². The molecule has 0 radical (unpaired) electrons. The summed E-state index contributed by atoms with van der Waals surface area (Å²) in [6, 6.07) is 0. The molecule has 3 heteroatoms. The van der Waals surface area contributed by atoms with Gasteiger partial charge in [0.15, 0.2) is 0 Å². The number of nitrogens with two attached hydrogens (primary N) is 1. The molecule has 0 aliphatic rings. The van der Waals surface area contributed by atoms with Gasteiger partial charge in [0.2, 0.25) is 0 Å². The van der Waals surface area contributed by atoms with Crippen molar-refractivity contribution in [2.24, 2.45) is 5.73 Å². The third kappa shape index (κ3) is 7.88. The predicted molar refractivity (Wildman–Crippen MR) is 49.5 cm³/mol. The molecule has 0 heterocycles. The van der Waals surface area contributed by atoms with Crippen molar-refractivity contribution in [2.75, 3.05) is 13.2 Å². The quantitative estimate of drug-likeness (QED) is 0.363. The maximum absolute atomic E-state index is 5.24. The Morgan fingerprint density at radius 2 is 2.00 bits per heavy atom. The van der Waals surface area contributed by atoms with Crippen molar-refractivity contribution < 1.29 is 0 Å². The second-order valence-corrected chi connectivity index (χ2v) is 8.49. The Labute approximate surface area is 64.5 Å². The van der Waals surface area contributed by atoms with Gasteiger partial charge in [-0.15, -0.1) is 0 Å². The van der Waals surface area contributed by atoms with E-state index < -0.39 is 8.07 Å². The summed E-state index contributed by atoms with van der Waals surface area (Å²) in [5.74, 6) is 0. The fourth-order valence-electron chi connectivity index (χ4n) is 0.579. The Bertz CT molecular complexity index is 105. The molecule has 0 amide bonds. The Morgan fingerprint density at radius 1 is 1.40 bits per heavy atom. The molecule has 0 bridgehead atoms. The summed E-state index contributed by atoms with van der Waals surface area (Å²) in [6.45, 7) is 8.40. The van der Waals surface area contributed by atoms with Crippen LogP contribution in [0.2, 0.25) is 19.6 Å². The van der Waals surface area contributed by atoms with Gasteiger partial charge in [0, 0.05) is 13.2 Å². The molecule has 0 aromatic rings. The van der Waals surface area contributed by atoms with E-state index in [1.807, 2.05) is 0 Å². The second-order valence-electron chi connectivity index (χ2n) is 3.43. The first kappa shape index (κ1) is 9.88. The van der Waals surface area contributed by atoms with Crippen LogP contribution in [-0.2, 0) is 0 Å². The van der Waals surface area contributed by atoms with Crippen LogP contribution in [0.4, 0.5) is 0 Å². The van der Waals surface area contributed by atoms with Gasteiger partial charge in [-0.25, -0.2) is 0 Å². The minimum Gasteiger partial charge on any atom is -0.318 e. The topological polar surface area (TPSA) is 38.0 Å². The summed E-state index contributed by atoms with van der Waals surface area (Å²) in [6.07, 6.45) is 2.17. The van der Waals surface area contributed by atoms with E-state index in [0.717, 1.165) is 6.54 Å². The van der Waals surface area contributed by atoms with Crippen LogP contribution in [0, 0.1) is 0 Å². The Hall–Kier alpha value is -0.123. The third-order valence-corrected chi connectivity index (χ3v) is 2.26. The van der Waals surface area contributed by atoms with Crippen LogP contribution in [0.15, 0.2) is 11.8 Å². The maximum atomic E-state index is 5.24. The molecule has 10 heavy (non-hydrogen) atoms. The Balaban J connectivity index is 3.37. The first-order chi connectivity index (χ1) is 4.56. The van der Waals surface area contributed by atoms with Gasteiger partial charge in [0.25, 0.3) is 0 Å². The summed E-state index contributed by atoms with van der Waals surface area (Å²) in [7, 11) is -0.969. The van der Waals surface area contributed by atoms with Crippen molar-refractivity contribution in [1.82, 2.24) is 5.32 Å². The van der Waals surface area contributed by atoms with Crippen molar-refractivity contribution in [1.29, 1.82) is 0 Å². The summed E-state index contributed by atoms with van der Waals surface area (Å²) >= 11 is 0. The fourth-order valence-corrected chi connectivity index (χ4v) is 1.40. The summed E-state index contributed by atoms with van der Waals surface area (Å²) < 4.78 is 0. The highest BCUT2D eigenvalue weighted by molar-refractivity contribution is 6.80. The molecule has 0 unspecified atom stereocenters. The zero-order valence-electron chi connectivity index (χ0n) is 7.15. The van der Waals surface area contributed by atoms with Crippen LogP contribution in [0.1, 0.15) is 0 Å². The summed E-state index contributed by atoms with van der Waals surface area (Å²) in [4.78, 5) is 0. The molecule has 0 saturated heterocycles. The normalized spacial score (nSPS) is 12.8. The zero-order chi connectivity index (χ0) is 8.04. The Morgan fingerprint density at radius 3 is 2.40 bits per heavy atom. The molecule has 0 atom stereocenters. The van der Waals surface area contributed by atoms with E-state index in [1.54, 1.807) is 0 Å². The van der Waals surface area contributed by atoms with Gasteiger partial charge in [-0.1, -0.05) is 31.4 Å². The Kier molecular flexibility index (Phi) is 4.60. The standard InChI is InChI=1S/C7H18N2Si/c1-10(2,3)6-4-5-9-7-8/h4,6,9H,5,7-8H2,1-3H3. The van der Waals surface area contributed by atoms with E-state index in [0.29, 0.717) is 6.67 Å². The monoisotopic (exact) mass is 158 g/mol. The number of rotatable bonds is 4. The van der Waals surface area contributed by atoms with E-state index >= 15 is 0 Å². The SMILES string of the molecule is C[Si](C)(C)C=CCNCN. The molecule has 3 N–H and O–H groups in total. The van der Waals surface area contributed by atoms with Crippen LogP contribution >= 0.6 is 0 Å². The number of nitrogens with one attached hydrogen (secondary N) is 1. The lowest BCUT2D eigenvalue weighted by Gasteiger charge is -2.07. The number of hydrogen-bond donors (Lipinski definition) is 2. The molecule has 0 aliphatic carbocycles. The summed E-state index contributed by atoms with van der Waals surface area (Å²) in [5, 5.41) is 3.03. The molecule has 0 rings (SSSR count). The molecule has 0 saturated carbocycles. The molecule has 0 aromatic carbocycles. The highest BCUT2D eigenvalue weighted by Crippen LogP contribution is 2.00. The zero-order valence-corrected chi connectivity index (χ0v) is 8.15. The minimum absolute atomic E-state index is 0.566. The fraction of sp³-hybridized carbons (Fsp3) is 0.714. The largest absolute Gasteiger partial charge is 0.318 e. The average Bonchev–Trinajstić information content (AvgIpc) is 1.78. The predicted octanol–water partition coefficient (Wildman–Crippen LogP) is 0.926. The van der Waals surface area contributed by atoms with Crippen LogP contribution < -0.4 is 11.1 Å². The van der Waals surface area contributed by atoms with E-state index in [-0.39, 0.29) is 0 Å². The maximum Gasteiger partial charge on any atom is 0.0683 e. The lowest BCUT2D eigenvalue weighted by Crippen LogP contribution is -2.23. The van der Waals surface area contributed by atoms with Crippen LogP contribution in [0.3, 0.4) is 0 Å². The van der Waals surface area contributed by atoms with Crippen molar-refractivity contribution in [3.63, 3.8) is 0 Å². The molecule has 0 spiro atoms. The lowest BCUT2D eigenvalue weighted by molar-refractivity contribution is 0.776.